The summed E-state index contributed by atoms with van der Waals surface area (Å²) in [7, 11) is 1.94. The molecule has 0 radical (unpaired) electrons. The minimum absolute atomic E-state index is 0.236. The molecule has 0 fully saturated rings. The van der Waals surface area contributed by atoms with Crippen molar-refractivity contribution in [2.24, 2.45) is 0 Å². The van der Waals surface area contributed by atoms with Gasteiger partial charge in [-0.25, -0.2) is 0 Å². The number of hydrazine groups is 1. The minimum Gasteiger partial charge on any atom is -0.326 e. The molecule has 0 aliphatic carbocycles. The van der Waals surface area contributed by atoms with Crippen molar-refractivity contribution in [3.8, 4) is 0 Å². The third-order valence-corrected chi connectivity index (χ3v) is 4.21. The fraction of sp³-hybridized carbons (Fsp3) is 0.222. The number of benzene rings is 2. The maximum atomic E-state index is 12.0. The summed E-state index contributed by atoms with van der Waals surface area (Å²) in [4.78, 5) is 25.0. The van der Waals surface area contributed by atoms with Crippen LogP contribution in [0.1, 0.15) is 21.5 Å². The number of quaternary nitrogens is 1. The summed E-state index contributed by atoms with van der Waals surface area (Å²) in [6, 6.07) is 15.3. The average molecular weight is 391 g/mol. The topological polar surface area (TPSA) is 62.6 Å². The highest BCUT2D eigenvalue weighted by molar-refractivity contribution is 9.10. The van der Waals surface area contributed by atoms with Crippen LogP contribution in [-0.4, -0.2) is 25.4 Å². The van der Waals surface area contributed by atoms with Crippen LogP contribution < -0.4 is 15.8 Å². The summed E-state index contributed by atoms with van der Waals surface area (Å²) < 4.78 is 0.680. The highest BCUT2D eigenvalue weighted by atomic mass is 79.9. The van der Waals surface area contributed by atoms with Crippen LogP contribution in [0.25, 0.3) is 0 Å². The van der Waals surface area contributed by atoms with E-state index in [0.717, 1.165) is 11.4 Å². The molecule has 6 heteroatoms. The molecule has 1 unspecified atom stereocenters. The molecule has 24 heavy (non-hydrogen) atoms. The maximum absolute atomic E-state index is 12.0. The first-order valence-corrected chi connectivity index (χ1v) is 8.45. The summed E-state index contributed by atoms with van der Waals surface area (Å²) in [6.07, 6.45) is 0. The van der Waals surface area contributed by atoms with Crippen LogP contribution in [0.4, 0.5) is 0 Å². The number of carbonyl (C=O) groups excluding carboxylic acids is 2. The fourth-order valence-electron chi connectivity index (χ4n) is 2.27. The summed E-state index contributed by atoms with van der Waals surface area (Å²) in [6.45, 7) is 3.05. The molecule has 0 bridgehead atoms. The summed E-state index contributed by atoms with van der Waals surface area (Å²) >= 11 is 3.31. The van der Waals surface area contributed by atoms with Crippen molar-refractivity contribution >= 4 is 27.7 Å². The predicted molar refractivity (Wildman–Crippen MR) is 96.4 cm³/mol. The highest BCUT2D eigenvalue weighted by Crippen LogP contribution is 2.14. The number of rotatable bonds is 5. The molecule has 5 nitrogen and oxygen atoms in total. The lowest BCUT2D eigenvalue weighted by Crippen LogP contribution is -3.09. The average Bonchev–Trinajstić information content (AvgIpc) is 2.55. The largest absolute Gasteiger partial charge is 0.326 e. The Bertz CT molecular complexity index is 716. The molecule has 0 heterocycles. The van der Waals surface area contributed by atoms with Crippen LogP contribution in [0.2, 0.25) is 0 Å². The van der Waals surface area contributed by atoms with E-state index in [2.05, 4.69) is 51.0 Å². The van der Waals surface area contributed by atoms with E-state index in [0.29, 0.717) is 10.0 Å². The van der Waals surface area contributed by atoms with Crippen molar-refractivity contribution in [1.29, 1.82) is 0 Å². The second-order valence-electron chi connectivity index (χ2n) is 5.78. The summed E-state index contributed by atoms with van der Waals surface area (Å²) in [5.41, 5.74) is 7.74. The van der Waals surface area contributed by atoms with Gasteiger partial charge in [-0.05, 0) is 35.0 Å². The van der Waals surface area contributed by atoms with Gasteiger partial charge in [-0.3, -0.25) is 20.4 Å². The SMILES string of the molecule is Cc1ccc(C[NH+](C)CC(=O)NNC(=O)c2ccccc2Br)cc1. The summed E-state index contributed by atoms with van der Waals surface area (Å²) in [5.74, 6) is -0.591. The number of halogens is 1. The first kappa shape index (κ1) is 18.2. The van der Waals surface area contributed by atoms with Gasteiger partial charge in [0.15, 0.2) is 6.54 Å². The molecule has 0 spiro atoms. The number of hydrogen-bond donors (Lipinski definition) is 3. The lowest BCUT2D eigenvalue weighted by Gasteiger charge is -2.14. The van der Waals surface area contributed by atoms with Crippen LogP contribution >= 0.6 is 15.9 Å². The molecule has 0 saturated heterocycles. The number of likely N-dealkylation sites (N-methyl/N-ethyl adjacent to an activating group) is 1. The lowest BCUT2D eigenvalue weighted by molar-refractivity contribution is -0.885. The van der Waals surface area contributed by atoms with E-state index in [1.165, 1.54) is 11.1 Å². The van der Waals surface area contributed by atoms with E-state index in [4.69, 9.17) is 0 Å². The highest BCUT2D eigenvalue weighted by Gasteiger charge is 2.13. The molecule has 2 amide bonds. The van der Waals surface area contributed by atoms with E-state index in [1.807, 2.05) is 20.0 Å². The Hall–Kier alpha value is -2.18. The standard InChI is InChI=1S/C18H20BrN3O2/c1-13-7-9-14(10-8-13)11-22(2)12-17(23)20-21-18(24)15-5-3-4-6-16(15)19/h3-10H,11-12H2,1-2H3,(H,20,23)(H,21,24)/p+1. The molecule has 0 aliphatic heterocycles. The Kier molecular flexibility index (Phi) is 6.52. The van der Waals surface area contributed by atoms with Crippen LogP contribution in [0.5, 0.6) is 0 Å². The van der Waals surface area contributed by atoms with E-state index in [9.17, 15) is 9.59 Å². The van der Waals surface area contributed by atoms with E-state index in [1.54, 1.807) is 18.2 Å². The van der Waals surface area contributed by atoms with Crippen molar-refractivity contribution in [1.82, 2.24) is 10.9 Å². The minimum atomic E-state index is -0.355. The quantitative estimate of drug-likeness (QED) is 0.672. The maximum Gasteiger partial charge on any atom is 0.293 e. The van der Waals surface area contributed by atoms with Gasteiger partial charge in [0, 0.05) is 10.0 Å². The van der Waals surface area contributed by atoms with Crippen molar-refractivity contribution in [2.45, 2.75) is 13.5 Å². The van der Waals surface area contributed by atoms with Gasteiger partial charge in [0.1, 0.15) is 6.54 Å². The van der Waals surface area contributed by atoms with Gasteiger partial charge in [0.05, 0.1) is 12.6 Å². The van der Waals surface area contributed by atoms with Gasteiger partial charge in [-0.2, -0.15) is 0 Å². The van der Waals surface area contributed by atoms with Gasteiger partial charge in [0.25, 0.3) is 11.8 Å². The lowest BCUT2D eigenvalue weighted by atomic mass is 10.1. The molecule has 1 atom stereocenters. The van der Waals surface area contributed by atoms with Gasteiger partial charge in [-0.1, -0.05) is 42.0 Å². The first-order valence-electron chi connectivity index (χ1n) is 7.66. The number of amides is 2. The smallest absolute Gasteiger partial charge is 0.293 e. The molecular weight excluding hydrogens is 370 g/mol. The van der Waals surface area contributed by atoms with E-state index < -0.39 is 0 Å². The number of aryl methyl sites for hydroxylation is 1. The van der Waals surface area contributed by atoms with Crippen molar-refractivity contribution < 1.29 is 14.5 Å². The van der Waals surface area contributed by atoms with Gasteiger partial charge >= 0.3 is 0 Å². The second-order valence-corrected chi connectivity index (χ2v) is 6.63. The third kappa shape index (κ3) is 5.47. The van der Waals surface area contributed by atoms with Gasteiger partial charge < -0.3 is 4.90 Å². The normalized spacial score (nSPS) is 11.6. The Morgan fingerprint density at radius 3 is 2.38 bits per heavy atom. The Morgan fingerprint density at radius 1 is 1.04 bits per heavy atom. The fourth-order valence-corrected chi connectivity index (χ4v) is 2.74. The first-order chi connectivity index (χ1) is 11.5. The van der Waals surface area contributed by atoms with Crippen molar-refractivity contribution in [2.75, 3.05) is 13.6 Å². The zero-order valence-corrected chi connectivity index (χ0v) is 15.3. The van der Waals surface area contributed by atoms with Crippen molar-refractivity contribution in [3.63, 3.8) is 0 Å². The Labute approximate surface area is 150 Å². The van der Waals surface area contributed by atoms with Gasteiger partial charge in [0.2, 0.25) is 0 Å². The Balaban J connectivity index is 1.79. The molecule has 2 aromatic rings. The third-order valence-electron chi connectivity index (χ3n) is 3.52. The molecule has 2 aromatic carbocycles. The van der Waals surface area contributed by atoms with Crippen LogP contribution in [0.15, 0.2) is 53.0 Å². The van der Waals surface area contributed by atoms with Crippen molar-refractivity contribution in [3.05, 3.63) is 69.7 Å². The molecule has 0 saturated carbocycles. The zero-order valence-electron chi connectivity index (χ0n) is 13.7. The monoisotopic (exact) mass is 390 g/mol. The van der Waals surface area contributed by atoms with Crippen LogP contribution in [0.3, 0.4) is 0 Å². The number of carbonyl (C=O) groups is 2. The molecule has 2 rings (SSSR count). The van der Waals surface area contributed by atoms with Crippen LogP contribution in [0, 0.1) is 6.92 Å². The molecule has 0 aromatic heterocycles. The van der Waals surface area contributed by atoms with Crippen LogP contribution in [-0.2, 0) is 11.3 Å². The number of hydrogen-bond acceptors (Lipinski definition) is 2. The number of nitrogens with one attached hydrogen (secondary N) is 3. The molecule has 3 N–H and O–H groups in total. The van der Waals surface area contributed by atoms with E-state index in [-0.39, 0.29) is 18.4 Å². The molecule has 0 aliphatic rings. The zero-order chi connectivity index (χ0) is 17.5. The molecular formula is C18H21BrN3O2+. The van der Waals surface area contributed by atoms with E-state index >= 15 is 0 Å². The van der Waals surface area contributed by atoms with Gasteiger partial charge in [-0.15, -0.1) is 0 Å². The summed E-state index contributed by atoms with van der Waals surface area (Å²) in [5, 5.41) is 0. The second kappa shape index (κ2) is 8.61. The Morgan fingerprint density at radius 2 is 1.71 bits per heavy atom. The predicted octanol–water partition coefficient (Wildman–Crippen LogP) is 1.23. The molecule has 126 valence electrons.